The fourth-order valence-corrected chi connectivity index (χ4v) is 2.33. The first-order valence-electron chi connectivity index (χ1n) is 6.29. The molecule has 1 aliphatic carbocycles. The fourth-order valence-electron chi connectivity index (χ4n) is 2.00. The number of nitrogens with zero attached hydrogens (tertiary/aromatic N) is 2. The van der Waals surface area contributed by atoms with Gasteiger partial charge in [0.25, 0.3) is 0 Å². The Hall–Kier alpha value is -1.13. The summed E-state index contributed by atoms with van der Waals surface area (Å²) in [4.78, 5) is 0. The second-order valence-corrected chi connectivity index (χ2v) is 5.75. The third kappa shape index (κ3) is 3.21. The molecule has 94 valence electrons. The van der Waals surface area contributed by atoms with Gasteiger partial charge in [-0.25, -0.2) is 0 Å². The minimum atomic E-state index is 0.760. The van der Waals surface area contributed by atoms with Crippen molar-refractivity contribution >= 4 is 15.9 Å². The van der Waals surface area contributed by atoms with Crippen LogP contribution in [0.25, 0.3) is 0 Å². The molecule has 1 aliphatic rings. The molecule has 0 unspecified atom stereocenters. The van der Waals surface area contributed by atoms with Crippen molar-refractivity contribution in [2.45, 2.75) is 32.0 Å². The summed E-state index contributed by atoms with van der Waals surface area (Å²) in [6, 6.07) is 9.47. The van der Waals surface area contributed by atoms with Gasteiger partial charge in [-0.05, 0) is 39.9 Å². The molecule has 0 aliphatic heterocycles. The van der Waals surface area contributed by atoms with Crippen molar-refractivity contribution in [3.8, 4) is 0 Å². The molecule has 3 nitrogen and oxygen atoms in total. The summed E-state index contributed by atoms with van der Waals surface area (Å²) in [5, 5.41) is 7.82. The third-order valence-electron chi connectivity index (χ3n) is 3.11. The Morgan fingerprint density at radius 3 is 2.89 bits per heavy atom. The number of hydrogen-bond acceptors (Lipinski definition) is 2. The highest BCUT2D eigenvalue weighted by Gasteiger charge is 2.19. The Morgan fingerprint density at radius 1 is 1.33 bits per heavy atom. The van der Waals surface area contributed by atoms with Crippen molar-refractivity contribution in [2.75, 3.05) is 0 Å². The number of benzene rings is 1. The van der Waals surface area contributed by atoms with E-state index < -0.39 is 0 Å². The summed E-state index contributed by atoms with van der Waals surface area (Å²) in [6.07, 6.45) is 6.48. The molecule has 1 fully saturated rings. The standard InChI is InChI=1S/C14H16BrN3/c15-13-8-17-18(10-13)9-12-3-1-2-11(6-12)7-16-14-4-5-14/h1-3,6,8,10,14,16H,4-5,7,9H2. The summed E-state index contributed by atoms with van der Waals surface area (Å²) in [5.41, 5.74) is 2.64. The van der Waals surface area contributed by atoms with Crippen LogP contribution in [0, 0.1) is 0 Å². The Morgan fingerprint density at radius 2 is 2.17 bits per heavy atom. The van der Waals surface area contributed by atoms with Crippen molar-refractivity contribution in [1.29, 1.82) is 0 Å². The highest BCUT2D eigenvalue weighted by atomic mass is 79.9. The van der Waals surface area contributed by atoms with Gasteiger partial charge in [-0.15, -0.1) is 0 Å². The molecule has 0 saturated heterocycles. The Kier molecular flexibility index (Phi) is 3.48. The van der Waals surface area contributed by atoms with Crippen molar-refractivity contribution in [2.24, 2.45) is 0 Å². The molecule has 1 aromatic carbocycles. The zero-order chi connectivity index (χ0) is 12.4. The summed E-state index contributed by atoms with van der Waals surface area (Å²) in [5.74, 6) is 0. The number of aromatic nitrogens is 2. The molecule has 1 heterocycles. The number of halogens is 1. The van der Waals surface area contributed by atoms with Gasteiger partial charge in [-0.1, -0.05) is 24.3 Å². The SMILES string of the molecule is Brc1cnn(Cc2cccc(CNC3CC3)c2)c1. The van der Waals surface area contributed by atoms with Crippen LogP contribution in [-0.2, 0) is 13.1 Å². The molecule has 3 rings (SSSR count). The van der Waals surface area contributed by atoms with Crippen molar-refractivity contribution in [3.63, 3.8) is 0 Å². The molecule has 4 heteroatoms. The van der Waals surface area contributed by atoms with Gasteiger partial charge < -0.3 is 5.32 Å². The molecule has 1 saturated carbocycles. The molecule has 0 radical (unpaired) electrons. The zero-order valence-electron chi connectivity index (χ0n) is 10.1. The smallest absolute Gasteiger partial charge is 0.0659 e. The quantitative estimate of drug-likeness (QED) is 0.920. The first-order valence-corrected chi connectivity index (χ1v) is 7.08. The number of nitrogens with one attached hydrogen (secondary N) is 1. The average Bonchev–Trinajstić information content (AvgIpc) is 3.11. The minimum Gasteiger partial charge on any atom is -0.310 e. The lowest BCUT2D eigenvalue weighted by molar-refractivity contribution is 0.674. The lowest BCUT2D eigenvalue weighted by atomic mass is 10.1. The van der Waals surface area contributed by atoms with E-state index >= 15 is 0 Å². The van der Waals surface area contributed by atoms with Crippen LogP contribution in [0.3, 0.4) is 0 Å². The molecule has 1 aromatic heterocycles. The summed E-state index contributed by atoms with van der Waals surface area (Å²) in [6.45, 7) is 1.80. The van der Waals surface area contributed by atoms with Gasteiger partial charge in [0, 0.05) is 18.8 Å². The van der Waals surface area contributed by atoms with E-state index in [9.17, 15) is 0 Å². The Bertz CT molecular complexity index is 531. The van der Waals surface area contributed by atoms with E-state index in [1.807, 2.05) is 17.1 Å². The molecule has 18 heavy (non-hydrogen) atoms. The van der Waals surface area contributed by atoms with Crippen molar-refractivity contribution in [1.82, 2.24) is 15.1 Å². The van der Waals surface area contributed by atoms with Crippen LogP contribution in [0.2, 0.25) is 0 Å². The second-order valence-electron chi connectivity index (χ2n) is 4.83. The lowest BCUT2D eigenvalue weighted by Gasteiger charge is -2.06. The summed E-state index contributed by atoms with van der Waals surface area (Å²) >= 11 is 3.41. The minimum absolute atomic E-state index is 0.760. The van der Waals surface area contributed by atoms with E-state index in [0.717, 1.165) is 23.6 Å². The highest BCUT2D eigenvalue weighted by Crippen LogP contribution is 2.19. The zero-order valence-corrected chi connectivity index (χ0v) is 11.7. The molecule has 0 atom stereocenters. The van der Waals surface area contributed by atoms with Crippen LogP contribution < -0.4 is 5.32 Å². The fraction of sp³-hybridized carbons (Fsp3) is 0.357. The van der Waals surface area contributed by atoms with Gasteiger partial charge in [0.15, 0.2) is 0 Å². The average molecular weight is 306 g/mol. The molecular formula is C14H16BrN3. The molecule has 0 spiro atoms. The second kappa shape index (κ2) is 5.24. The van der Waals surface area contributed by atoms with Gasteiger partial charge in [-0.2, -0.15) is 5.10 Å². The van der Waals surface area contributed by atoms with E-state index in [-0.39, 0.29) is 0 Å². The monoisotopic (exact) mass is 305 g/mol. The molecule has 0 bridgehead atoms. The van der Waals surface area contributed by atoms with Crippen LogP contribution in [0.1, 0.15) is 24.0 Å². The van der Waals surface area contributed by atoms with Crippen LogP contribution in [0.15, 0.2) is 41.1 Å². The maximum atomic E-state index is 4.28. The van der Waals surface area contributed by atoms with Crippen LogP contribution in [0.5, 0.6) is 0 Å². The van der Waals surface area contributed by atoms with E-state index in [4.69, 9.17) is 0 Å². The molecule has 1 N–H and O–H groups in total. The summed E-state index contributed by atoms with van der Waals surface area (Å²) in [7, 11) is 0. The number of rotatable bonds is 5. The van der Waals surface area contributed by atoms with Gasteiger partial charge in [0.05, 0.1) is 17.2 Å². The van der Waals surface area contributed by atoms with Crippen LogP contribution in [0.4, 0.5) is 0 Å². The highest BCUT2D eigenvalue weighted by molar-refractivity contribution is 9.10. The van der Waals surface area contributed by atoms with E-state index in [2.05, 4.69) is 50.6 Å². The lowest BCUT2D eigenvalue weighted by Crippen LogP contribution is -2.15. The van der Waals surface area contributed by atoms with E-state index in [0.29, 0.717) is 0 Å². The molecule has 2 aromatic rings. The van der Waals surface area contributed by atoms with Gasteiger partial charge in [0.2, 0.25) is 0 Å². The van der Waals surface area contributed by atoms with Gasteiger partial charge in [-0.3, -0.25) is 4.68 Å². The number of hydrogen-bond donors (Lipinski definition) is 1. The maximum Gasteiger partial charge on any atom is 0.0659 e. The normalized spacial score (nSPS) is 14.9. The molecule has 0 amide bonds. The first-order chi connectivity index (χ1) is 8.79. The maximum absolute atomic E-state index is 4.28. The van der Waals surface area contributed by atoms with Crippen LogP contribution in [-0.4, -0.2) is 15.8 Å². The van der Waals surface area contributed by atoms with Crippen molar-refractivity contribution < 1.29 is 0 Å². The van der Waals surface area contributed by atoms with Crippen molar-refractivity contribution in [3.05, 3.63) is 52.3 Å². The van der Waals surface area contributed by atoms with Gasteiger partial charge in [0.1, 0.15) is 0 Å². The largest absolute Gasteiger partial charge is 0.310 e. The Balaban J connectivity index is 1.65. The topological polar surface area (TPSA) is 29.9 Å². The summed E-state index contributed by atoms with van der Waals surface area (Å²) < 4.78 is 2.96. The first kappa shape index (κ1) is 11.9. The van der Waals surface area contributed by atoms with Gasteiger partial charge >= 0.3 is 0 Å². The van der Waals surface area contributed by atoms with Crippen LogP contribution >= 0.6 is 15.9 Å². The predicted molar refractivity (Wildman–Crippen MR) is 75.3 cm³/mol. The Labute approximate surface area is 115 Å². The predicted octanol–water partition coefficient (Wildman–Crippen LogP) is 2.95. The van der Waals surface area contributed by atoms with E-state index in [1.54, 1.807) is 0 Å². The van der Waals surface area contributed by atoms with E-state index in [1.165, 1.54) is 24.0 Å². The third-order valence-corrected chi connectivity index (χ3v) is 3.52. The molecular weight excluding hydrogens is 290 g/mol.